The lowest BCUT2D eigenvalue weighted by atomic mass is 9.90. The van der Waals surface area contributed by atoms with Gasteiger partial charge in [-0.05, 0) is 55.0 Å². The monoisotopic (exact) mass is 290 g/mol. The quantitative estimate of drug-likeness (QED) is 0.777. The number of hydrogen-bond donors (Lipinski definition) is 0. The fourth-order valence-electron chi connectivity index (χ4n) is 2.60. The average molecular weight is 290 g/mol. The molecule has 1 aromatic carbocycles. The minimum Gasteiger partial charge on any atom is -0.462 e. The molecule has 104 valence electrons. The third kappa shape index (κ3) is 2.04. The summed E-state index contributed by atoms with van der Waals surface area (Å²) < 4.78 is 19.2. The number of hydrogen-bond acceptors (Lipinski definition) is 3. The molecule has 0 radical (unpaired) electrons. The molecule has 2 nitrogen and oxygen atoms in total. The molecule has 4 heteroatoms. The smallest absolute Gasteiger partial charge is 0.348 e. The number of ether oxygens (including phenoxy) is 1. The minimum atomic E-state index is -0.291. The molecular formula is C16H15FO2S. The van der Waals surface area contributed by atoms with Gasteiger partial charge in [-0.3, -0.25) is 0 Å². The van der Waals surface area contributed by atoms with Gasteiger partial charge in [0.2, 0.25) is 0 Å². The molecule has 2 aromatic rings. The molecule has 3 rings (SSSR count). The van der Waals surface area contributed by atoms with Gasteiger partial charge in [-0.2, -0.15) is 0 Å². The van der Waals surface area contributed by atoms with Crippen LogP contribution in [0.1, 0.15) is 33.3 Å². The second kappa shape index (κ2) is 5.02. The fourth-order valence-corrected chi connectivity index (χ4v) is 3.76. The van der Waals surface area contributed by atoms with Crippen LogP contribution in [-0.2, 0) is 17.6 Å². The number of benzene rings is 1. The second-order valence-electron chi connectivity index (χ2n) is 4.91. The van der Waals surface area contributed by atoms with Crippen molar-refractivity contribution in [1.82, 2.24) is 0 Å². The van der Waals surface area contributed by atoms with Crippen molar-refractivity contribution in [2.75, 3.05) is 6.61 Å². The van der Waals surface area contributed by atoms with Gasteiger partial charge >= 0.3 is 5.97 Å². The van der Waals surface area contributed by atoms with Crippen LogP contribution in [0.25, 0.3) is 10.4 Å². The van der Waals surface area contributed by atoms with E-state index in [-0.39, 0.29) is 11.8 Å². The lowest BCUT2D eigenvalue weighted by Crippen LogP contribution is -2.05. The molecule has 0 N–H and O–H groups in total. The van der Waals surface area contributed by atoms with Crippen molar-refractivity contribution in [2.24, 2.45) is 0 Å². The summed E-state index contributed by atoms with van der Waals surface area (Å²) in [5.41, 5.74) is 3.49. The maximum absolute atomic E-state index is 14.2. The molecule has 0 bridgehead atoms. The first kappa shape index (κ1) is 13.3. The summed E-state index contributed by atoms with van der Waals surface area (Å²) >= 11 is 1.40. The van der Waals surface area contributed by atoms with Crippen LogP contribution < -0.4 is 0 Å². The molecule has 0 amide bonds. The van der Waals surface area contributed by atoms with Crippen LogP contribution in [0.2, 0.25) is 0 Å². The van der Waals surface area contributed by atoms with Crippen molar-refractivity contribution in [3.8, 4) is 10.4 Å². The predicted molar refractivity (Wildman–Crippen MR) is 77.8 cm³/mol. The Bertz CT molecular complexity index is 688. The number of rotatable bonds is 2. The van der Waals surface area contributed by atoms with E-state index in [0.29, 0.717) is 23.5 Å². The van der Waals surface area contributed by atoms with Crippen LogP contribution >= 0.6 is 11.3 Å². The van der Waals surface area contributed by atoms with Crippen LogP contribution in [0.5, 0.6) is 0 Å². The van der Waals surface area contributed by atoms with Gasteiger partial charge in [0.05, 0.1) is 6.61 Å². The molecule has 1 aliphatic rings. The SMILES string of the molecule is CCOC(=O)c1cc2c(s1)-c1ccc(C)c(F)c1CC2. The normalized spacial score (nSPS) is 12.8. The van der Waals surface area contributed by atoms with Crippen LogP contribution in [0.3, 0.4) is 0 Å². The van der Waals surface area contributed by atoms with Gasteiger partial charge in [-0.25, -0.2) is 9.18 Å². The molecule has 0 atom stereocenters. The van der Waals surface area contributed by atoms with Gasteiger partial charge in [0.25, 0.3) is 0 Å². The molecule has 0 saturated carbocycles. The third-order valence-electron chi connectivity index (χ3n) is 3.61. The molecule has 1 heterocycles. The zero-order chi connectivity index (χ0) is 14.3. The molecule has 0 fully saturated rings. The first-order valence-electron chi connectivity index (χ1n) is 6.70. The van der Waals surface area contributed by atoms with Crippen molar-refractivity contribution in [2.45, 2.75) is 26.7 Å². The lowest BCUT2D eigenvalue weighted by molar-refractivity contribution is 0.0532. The Labute approximate surface area is 121 Å². The summed E-state index contributed by atoms with van der Waals surface area (Å²) in [4.78, 5) is 13.4. The highest BCUT2D eigenvalue weighted by Gasteiger charge is 2.24. The Hall–Kier alpha value is -1.68. The van der Waals surface area contributed by atoms with Crippen LogP contribution in [0, 0.1) is 12.7 Å². The Morgan fingerprint density at radius 2 is 2.20 bits per heavy atom. The summed E-state index contributed by atoms with van der Waals surface area (Å²) in [5, 5.41) is 0. The summed E-state index contributed by atoms with van der Waals surface area (Å²) in [5.74, 6) is -0.403. The van der Waals surface area contributed by atoms with Crippen LogP contribution in [0.15, 0.2) is 18.2 Å². The highest BCUT2D eigenvalue weighted by Crippen LogP contribution is 2.41. The first-order valence-corrected chi connectivity index (χ1v) is 7.51. The minimum absolute atomic E-state index is 0.112. The van der Waals surface area contributed by atoms with E-state index in [1.807, 2.05) is 12.1 Å². The second-order valence-corrected chi connectivity index (χ2v) is 5.96. The van der Waals surface area contributed by atoms with Gasteiger partial charge in [0, 0.05) is 4.88 Å². The highest BCUT2D eigenvalue weighted by atomic mass is 32.1. The molecule has 0 spiro atoms. The number of esters is 1. The predicted octanol–water partition coefficient (Wildman–Crippen LogP) is 4.14. The Kier molecular flexibility index (Phi) is 3.34. The summed E-state index contributed by atoms with van der Waals surface area (Å²) in [7, 11) is 0. The molecule has 20 heavy (non-hydrogen) atoms. The molecule has 0 saturated heterocycles. The number of halogens is 1. The number of thiophene rings is 1. The van der Waals surface area contributed by atoms with E-state index in [4.69, 9.17) is 4.74 Å². The number of fused-ring (bicyclic) bond motifs is 3. The molecule has 1 aromatic heterocycles. The topological polar surface area (TPSA) is 26.3 Å². The molecular weight excluding hydrogens is 275 g/mol. The summed E-state index contributed by atoms with van der Waals surface area (Å²) in [6, 6.07) is 5.64. The van der Waals surface area contributed by atoms with Crippen molar-refractivity contribution >= 4 is 17.3 Å². The molecule has 0 aliphatic heterocycles. The summed E-state index contributed by atoms with van der Waals surface area (Å²) in [6.45, 7) is 3.94. The number of aryl methyl sites for hydroxylation is 2. The maximum atomic E-state index is 14.2. The number of carbonyl (C=O) groups excluding carboxylic acids is 1. The van der Waals surface area contributed by atoms with Crippen molar-refractivity contribution in [3.05, 3.63) is 45.6 Å². The Morgan fingerprint density at radius 3 is 2.95 bits per heavy atom. The van der Waals surface area contributed by atoms with Gasteiger partial charge < -0.3 is 4.74 Å². The van der Waals surface area contributed by atoms with E-state index in [1.54, 1.807) is 19.9 Å². The van der Waals surface area contributed by atoms with E-state index in [0.717, 1.165) is 28.0 Å². The highest BCUT2D eigenvalue weighted by molar-refractivity contribution is 7.17. The van der Waals surface area contributed by atoms with Crippen LogP contribution in [-0.4, -0.2) is 12.6 Å². The van der Waals surface area contributed by atoms with Gasteiger partial charge in [-0.1, -0.05) is 12.1 Å². The Balaban J connectivity index is 2.08. The molecule has 1 aliphatic carbocycles. The third-order valence-corrected chi connectivity index (χ3v) is 4.80. The fraction of sp³-hybridized carbons (Fsp3) is 0.312. The van der Waals surface area contributed by atoms with Crippen molar-refractivity contribution < 1.29 is 13.9 Å². The first-order chi connectivity index (χ1) is 9.61. The van der Waals surface area contributed by atoms with E-state index in [2.05, 4.69) is 0 Å². The molecule has 0 unspecified atom stereocenters. The zero-order valence-corrected chi connectivity index (χ0v) is 12.3. The lowest BCUT2D eigenvalue weighted by Gasteiger charge is -2.17. The zero-order valence-electron chi connectivity index (χ0n) is 11.5. The average Bonchev–Trinajstić information content (AvgIpc) is 2.87. The number of carbonyl (C=O) groups is 1. The van der Waals surface area contributed by atoms with Crippen LogP contribution in [0.4, 0.5) is 4.39 Å². The van der Waals surface area contributed by atoms with Gasteiger partial charge in [-0.15, -0.1) is 11.3 Å². The van der Waals surface area contributed by atoms with Crippen molar-refractivity contribution in [1.29, 1.82) is 0 Å². The maximum Gasteiger partial charge on any atom is 0.348 e. The van der Waals surface area contributed by atoms with E-state index >= 15 is 0 Å². The van der Waals surface area contributed by atoms with Gasteiger partial charge in [0.15, 0.2) is 0 Å². The van der Waals surface area contributed by atoms with E-state index < -0.39 is 0 Å². The van der Waals surface area contributed by atoms with E-state index in [9.17, 15) is 9.18 Å². The summed E-state index contributed by atoms with van der Waals surface area (Å²) in [6.07, 6.45) is 1.47. The Morgan fingerprint density at radius 1 is 1.40 bits per heavy atom. The standard InChI is InChI=1S/C16H15FO2S/c1-3-19-16(18)13-8-10-5-7-11-12(15(10)20-13)6-4-9(2)14(11)17/h4,6,8H,3,5,7H2,1-2H3. The van der Waals surface area contributed by atoms with Gasteiger partial charge in [0.1, 0.15) is 10.7 Å². The van der Waals surface area contributed by atoms with Crippen molar-refractivity contribution in [3.63, 3.8) is 0 Å². The van der Waals surface area contributed by atoms with E-state index in [1.165, 1.54) is 11.3 Å². The largest absolute Gasteiger partial charge is 0.462 e.